The molecule has 0 saturated heterocycles. The molecule has 9 nitrogen and oxygen atoms in total. The Morgan fingerprint density at radius 1 is 1.12 bits per heavy atom. The molecule has 0 unspecified atom stereocenters. The average molecular weight is 603 g/mol. The lowest BCUT2D eigenvalue weighted by Gasteiger charge is -2.25. The molecule has 0 radical (unpaired) electrons. The number of aromatic nitrogens is 2. The number of carbonyl (C=O) groups excluding carboxylic acids is 1. The van der Waals surface area contributed by atoms with E-state index in [1.807, 2.05) is 6.92 Å². The minimum Gasteiger partial charge on any atom is -0.493 e. The van der Waals surface area contributed by atoms with Gasteiger partial charge in [-0.1, -0.05) is 56.7 Å². The van der Waals surface area contributed by atoms with E-state index in [0.717, 1.165) is 12.5 Å². The summed E-state index contributed by atoms with van der Waals surface area (Å²) in [6.45, 7) is 3.70. The lowest BCUT2D eigenvalue weighted by molar-refractivity contribution is 0.0963. The number of halogens is 1. The monoisotopic (exact) mass is 602 g/mol. The third-order valence-corrected chi connectivity index (χ3v) is 9.02. The fraction of sp³-hybridized carbons (Fsp3) is 0.250. The first-order chi connectivity index (χ1) is 20.6. The van der Waals surface area contributed by atoms with Crippen LogP contribution in [0.4, 0.5) is 4.39 Å². The number of nitrogens with one attached hydrogen (secondary N) is 1. The lowest BCUT2D eigenvalue weighted by Crippen LogP contribution is -2.27. The fourth-order valence-electron chi connectivity index (χ4n) is 5.02. The van der Waals surface area contributed by atoms with Crippen molar-refractivity contribution in [2.24, 2.45) is 0 Å². The van der Waals surface area contributed by atoms with Gasteiger partial charge in [-0.2, -0.15) is 10.2 Å². The molecular formula is C32H31FN4O5S. The molecule has 222 valence electrons. The Kier molecular flexibility index (Phi) is 9.41. The minimum atomic E-state index is -4.58. The van der Waals surface area contributed by atoms with Gasteiger partial charge in [0.2, 0.25) is 15.7 Å². The zero-order chi connectivity index (χ0) is 31.3. The predicted octanol–water partition coefficient (Wildman–Crippen LogP) is 5.16. The smallest absolute Gasteiger partial charge is 0.296 e. The molecule has 4 rings (SSSR count). The SMILES string of the molecule is CCCCc1nc(=O)c(S(=O)(=O)c2ccc(-c3ccccc3C(=O)NC)cc2)c(O)n1[C@@H](CC)c1ccc(C#N)c(F)c1. The molecule has 1 heterocycles. The second-order valence-corrected chi connectivity index (χ2v) is 11.8. The third kappa shape index (κ3) is 6.05. The fourth-order valence-corrected chi connectivity index (χ4v) is 6.36. The topological polar surface area (TPSA) is 142 Å². The quantitative estimate of drug-likeness (QED) is 0.255. The van der Waals surface area contributed by atoms with Crippen molar-refractivity contribution in [3.63, 3.8) is 0 Å². The summed E-state index contributed by atoms with van der Waals surface area (Å²) in [5.74, 6) is -1.69. The summed E-state index contributed by atoms with van der Waals surface area (Å²) < 4.78 is 43.5. The highest BCUT2D eigenvalue weighted by molar-refractivity contribution is 7.91. The number of aromatic hydroxyl groups is 1. The molecule has 0 bridgehead atoms. The van der Waals surface area contributed by atoms with E-state index in [1.165, 1.54) is 48.0 Å². The number of unbranched alkanes of at least 4 members (excludes halogenated alkanes) is 1. The molecule has 1 amide bonds. The molecule has 3 aromatic carbocycles. The molecule has 0 aliphatic carbocycles. The number of aryl methyl sites for hydroxylation is 1. The van der Waals surface area contributed by atoms with Gasteiger partial charge in [0.15, 0.2) is 4.90 Å². The van der Waals surface area contributed by atoms with Crippen molar-refractivity contribution in [3.05, 3.63) is 105 Å². The highest BCUT2D eigenvalue weighted by Gasteiger charge is 2.32. The van der Waals surface area contributed by atoms with E-state index in [2.05, 4.69) is 10.3 Å². The maximum atomic E-state index is 14.6. The van der Waals surface area contributed by atoms with Gasteiger partial charge in [-0.05, 0) is 59.9 Å². The van der Waals surface area contributed by atoms with Crippen molar-refractivity contribution < 1.29 is 22.7 Å². The van der Waals surface area contributed by atoms with Crippen molar-refractivity contribution in [2.75, 3.05) is 7.05 Å². The van der Waals surface area contributed by atoms with Gasteiger partial charge >= 0.3 is 0 Å². The number of hydrogen-bond donors (Lipinski definition) is 2. The standard InChI is InChI=1S/C32H31FN4O5S/c1-4-6-11-28-36-31(39)29(32(40)37(28)27(5-2)21-12-13-22(19-34)26(33)18-21)43(41,42)23-16-14-20(15-17-23)24-9-7-8-10-25(24)30(38)35-3/h7-10,12-18,27,40H,4-6,11H2,1-3H3,(H,35,38)/t27-/m0/s1. The van der Waals surface area contributed by atoms with E-state index in [9.17, 15) is 27.5 Å². The van der Waals surface area contributed by atoms with Crippen LogP contribution in [0.2, 0.25) is 0 Å². The lowest BCUT2D eigenvalue weighted by atomic mass is 9.99. The van der Waals surface area contributed by atoms with E-state index < -0.39 is 38.0 Å². The normalized spacial score (nSPS) is 12.0. The second kappa shape index (κ2) is 13.0. The van der Waals surface area contributed by atoms with Crippen molar-refractivity contribution in [2.45, 2.75) is 55.4 Å². The predicted molar refractivity (Wildman–Crippen MR) is 159 cm³/mol. The van der Waals surface area contributed by atoms with Gasteiger partial charge in [0.25, 0.3) is 11.5 Å². The van der Waals surface area contributed by atoms with E-state index in [0.29, 0.717) is 35.1 Å². The van der Waals surface area contributed by atoms with Gasteiger partial charge in [-0.15, -0.1) is 0 Å². The van der Waals surface area contributed by atoms with Crippen molar-refractivity contribution in [1.82, 2.24) is 14.9 Å². The molecule has 0 aliphatic rings. The van der Waals surface area contributed by atoms with Gasteiger partial charge in [0.05, 0.1) is 16.5 Å². The summed E-state index contributed by atoms with van der Waals surface area (Å²) in [5.41, 5.74) is 0.671. The van der Waals surface area contributed by atoms with Crippen LogP contribution in [0, 0.1) is 17.1 Å². The molecule has 0 aliphatic heterocycles. The third-order valence-electron chi connectivity index (χ3n) is 7.23. The van der Waals surface area contributed by atoms with E-state index in [-0.39, 0.29) is 28.6 Å². The first-order valence-electron chi connectivity index (χ1n) is 13.8. The van der Waals surface area contributed by atoms with Gasteiger partial charge < -0.3 is 10.4 Å². The van der Waals surface area contributed by atoms with Crippen molar-refractivity contribution in [3.8, 4) is 23.1 Å². The Bertz CT molecular complexity index is 1880. The molecule has 11 heteroatoms. The molecule has 2 N–H and O–H groups in total. The Labute approximate surface area is 249 Å². The van der Waals surface area contributed by atoms with Crippen LogP contribution >= 0.6 is 0 Å². The number of hydrogen-bond acceptors (Lipinski definition) is 7. The van der Waals surface area contributed by atoms with Crippen LogP contribution in [-0.4, -0.2) is 36.0 Å². The van der Waals surface area contributed by atoms with Crippen LogP contribution in [0.15, 0.2) is 81.3 Å². The summed E-state index contributed by atoms with van der Waals surface area (Å²) in [5, 5.41) is 23.2. The van der Waals surface area contributed by atoms with Crippen LogP contribution in [0.5, 0.6) is 5.88 Å². The average Bonchev–Trinajstić information content (AvgIpc) is 3.01. The molecular weight excluding hydrogens is 571 g/mol. The molecule has 0 spiro atoms. The number of benzene rings is 3. The highest BCUT2D eigenvalue weighted by Crippen LogP contribution is 2.34. The molecule has 4 aromatic rings. The summed E-state index contributed by atoms with van der Waals surface area (Å²) in [6, 6.07) is 17.5. The minimum absolute atomic E-state index is 0.156. The number of sulfone groups is 1. The van der Waals surface area contributed by atoms with Crippen LogP contribution in [0.1, 0.15) is 66.5 Å². The summed E-state index contributed by atoms with van der Waals surface area (Å²) in [6.07, 6.45) is 1.92. The summed E-state index contributed by atoms with van der Waals surface area (Å²) >= 11 is 0. The molecule has 43 heavy (non-hydrogen) atoms. The van der Waals surface area contributed by atoms with Gasteiger partial charge in [0.1, 0.15) is 17.7 Å². The summed E-state index contributed by atoms with van der Waals surface area (Å²) in [4.78, 5) is 28.5. The maximum Gasteiger partial charge on any atom is 0.296 e. The number of carbonyl (C=O) groups is 1. The van der Waals surface area contributed by atoms with Crippen molar-refractivity contribution in [1.29, 1.82) is 5.26 Å². The molecule has 0 fully saturated rings. The van der Waals surface area contributed by atoms with Crippen LogP contribution in [-0.2, 0) is 16.3 Å². The number of nitrogens with zero attached hydrogens (tertiary/aromatic N) is 3. The second-order valence-electron chi connectivity index (χ2n) is 9.89. The van der Waals surface area contributed by atoms with E-state index >= 15 is 0 Å². The van der Waals surface area contributed by atoms with E-state index in [4.69, 9.17) is 5.26 Å². The first kappa shape index (κ1) is 31.1. The zero-order valence-electron chi connectivity index (χ0n) is 24.0. The Balaban J connectivity index is 1.86. The number of amides is 1. The van der Waals surface area contributed by atoms with E-state index in [1.54, 1.807) is 37.3 Å². The van der Waals surface area contributed by atoms with Crippen LogP contribution < -0.4 is 10.9 Å². The Morgan fingerprint density at radius 3 is 2.42 bits per heavy atom. The zero-order valence-corrected chi connectivity index (χ0v) is 24.8. The van der Waals surface area contributed by atoms with Crippen molar-refractivity contribution >= 4 is 15.7 Å². The van der Waals surface area contributed by atoms with Gasteiger partial charge in [-0.25, -0.2) is 12.8 Å². The Morgan fingerprint density at radius 2 is 1.81 bits per heavy atom. The molecule has 1 atom stereocenters. The van der Waals surface area contributed by atoms with Gasteiger partial charge in [-0.3, -0.25) is 14.2 Å². The summed E-state index contributed by atoms with van der Waals surface area (Å²) in [7, 11) is -3.06. The Hall–Kier alpha value is -4.82. The largest absolute Gasteiger partial charge is 0.493 e. The highest BCUT2D eigenvalue weighted by atomic mass is 32.2. The van der Waals surface area contributed by atoms with Crippen LogP contribution in [0.25, 0.3) is 11.1 Å². The molecule has 0 saturated carbocycles. The number of rotatable bonds is 10. The number of nitriles is 1. The van der Waals surface area contributed by atoms with Crippen LogP contribution in [0.3, 0.4) is 0 Å². The molecule has 1 aromatic heterocycles. The van der Waals surface area contributed by atoms with Gasteiger partial charge in [0, 0.05) is 19.0 Å². The maximum absolute atomic E-state index is 14.6. The first-order valence-corrected chi connectivity index (χ1v) is 15.3.